The maximum atomic E-state index is 12.5. The molecule has 0 spiro atoms. The van der Waals surface area contributed by atoms with E-state index in [-0.39, 0.29) is 6.08 Å². The first kappa shape index (κ1) is 13.2. The molecule has 0 rings (SSSR count). The van der Waals surface area contributed by atoms with E-state index in [1.807, 2.05) is 0 Å². The Morgan fingerprint density at radius 3 is 1.57 bits per heavy atom. The SMILES string of the molecule is [CH2]/C=C(\C)C(F)(F)C(F)(F)C(F)(F)F. The maximum absolute atomic E-state index is 12.5. The van der Waals surface area contributed by atoms with Crippen molar-refractivity contribution in [2.45, 2.75) is 24.9 Å². The van der Waals surface area contributed by atoms with Gasteiger partial charge in [-0.15, -0.1) is 0 Å². The molecular formula is C7H6F7. The van der Waals surface area contributed by atoms with E-state index >= 15 is 0 Å². The highest BCUT2D eigenvalue weighted by Gasteiger charge is 2.73. The van der Waals surface area contributed by atoms with Gasteiger partial charge in [0.25, 0.3) is 0 Å². The van der Waals surface area contributed by atoms with Gasteiger partial charge in [-0.05, 0) is 19.4 Å². The summed E-state index contributed by atoms with van der Waals surface area (Å²) >= 11 is 0. The molecule has 0 aliphatic rings. The molecule has 7 heteroatoms. The van der Waals surface area contributed by atoms with E-state index in [1.54, 1.807) is 0 Å². The summed E-state index contributed by atoms with van der Waals surface area (Å²) in [6.45, 7) is 3.16. The van der Waals surface area contributed by atoms with Gasteiger partial charge < -0.3 is 0 Å². The third kappa shape index (κ3) is 1.85. The van der Waals surface area contributed by atoms with Gasteiger partial charge >= 0.3 is 18.0 Å². The Bertz CT molecular complexity index is 235. The smallest absolute Gasteiger partial charge is 0.194 e. The van der Waals surface area contributed by atoms with Crippen molar-refractivity contribution in [3.8, 4) is 0 Å². The van der Waals surface area contributed by atoms with Crippen LogP contribution in [0.4, 0.5) is 30.7 Å². The number of rotatable bonds is 2. The van der Waals surface area contributed by atoms with Gasteiger partial charge in [-0.2, -0.15) is 30.7 Å². The van der Waals surface area contributed by atoms with Crippen LogP contribution in [0.2, 0.25) is 0 Å². The molecule has 0 aromatic rings. The molecule has 1 radical (unpaired) electrons. The number of allylic oxidation sites excluding steroid dienone is 2. The molecule has 0 N–H and O–H groups in total. The highest BCUT2D eigenvalue weighted by atomic mass is 19.4. The summed E-state index contributed by atoms with van der Waals surface area (Å²) in [7, 11) is 0. The van der Waals surface area contributed by atoms with Gasteiger partial charge in [-0.25, -0.2) is 0 Å². The predicted molar refractivity (Wildman–Crippen MR) is 35.1 cm³/mol. The van der Waals surface area contributed by atoms with Crippen molar-refractivity contribution in [2.75, 3.05) is 0 Å². The summed E-state index contributed by atoms with van der Waals surface area (Å²) in [6.07, 6.45) is -6.03. The lowest BCUT2D eigenvalue weighted by Gasteiger charge is -2.28. The Morgan fingerprint density at radius 2 is 1.36 bits per heavy atom. The van der Waals surface area contributed by atoms with Crippen LogP contribution in [-0.2, 0) is 0 Å². The summed E-state index contributed by atoms with van der Waals surface area (Å²) in [5.41, 5.74) is -1.43. The number of hydrogen-bond acceptors (Lipinski definition) is 0. The minimum absolute atomic E-state index is 0.264. The monoisotopic (exact) mass is 223 g/mol. The normalized spacial score (nSPS) is 15.9. The van der Waals surface area contributed by atoms with E-state index in [2.05, 4.69) is 6.92 Å². The average Bonchev–Trinajstić information content (AvgIpc) is 2.00. The Balaban J connectivity index is 5.29. The molecule has 0 bridgehead atoms. The van der Waals surface area contributed by atoms with E-state index in [9.17, 15) is 30.7 Å². The van der Waals surface area contributed by atoms with Crippen molar-refractivity contribution >= 4 is 0 Å². The van der Waals surface area contributed by atoms with Gasteiger partial charge in [0.05, 0.1) is 0 Å². The molecule has 14 heavy (non-hydrogen) atoms. The van der Waals surface area contributed by atoms with Crippen molar-refractivity contribution in [2.24, 2.45) is 0 Å². The Kier molecular flexibility index (Phi) is 3.25. The first-order chi connectivity index (χ1) is 5.98. The zero-order valence-corrected chi connectivity index (χ0v) is 6.93. The molecular weight excluding hydrogens is 217 g/mol. The summed E-state index contributed by atoms with van der Waals surface area (Å²) in [6, 6.07) is 0. The third-order valence-electron chi connectivity index (χ3n) is 1.55. The largest absolute Gasteiger partial charge is 0.460 e. The minimum Gasteiger partial charge on any atom is -0.194 e. The van der Waals surface area contributed by atoms with E-state index < -0.39 is 23.6 Å². The van der Waals surface area contributed by atoms with Crippen LogP contribution in [0.3, 0.4) is 0 Å². The van der Waals surface area contributed by atoms with E-state index in [0.29, 0.717) is 6.92 Å². The molecule has 0 saturated carbocycles. The van der Waals surface area contributed by atoms with Gasteiger partial charge in [0.15, 0.2) is 0 Å². The lowest BCUT2D eigenvalue weighted by atomic mass is 10.0. The summed E-state index contributed by atoms with van der Waals surface area (Å²) in [5, 5.41) is 0. The van der Waals surface area contributed by atoms with Crippen LogP contribution < -0.4 is 0 Å². The van der Waals surface area contributed by atoms with Crippen molar-refractivity contribution < 1.29 is 30.7 Å². The molecule has 0 aliphatic carbocycles. The average molecular weight is 223 g/mol. The van der Waals surface area contributed by atoms with Crippen LogP contribution in [0.1, 0.15) is 6.92 Å². The summed E-state index contributed by atoms with van der Waals surface area (Å²) < 4.78 is 84.1. The van der Waals surface area contributed by atoms with Gasteiger partial charge in [-0.3, -0.25) is 0 Å². The van der Waals surface area contributed by atoms with Gasteiger partial charge in [0, 0.05) is 0 Å². The Morgan fingerprint density at radius 1 is 1.00 bits per heavy atom. The number of halogens is 7. The Labute approximate surface area is 75.4 Å². The van der Waals surface area contributed by atoms with Gasteiger partial charge in [0.2, 0.25) is 0 Å². The molecule has 0 aromatic carbocycles. The Hall–Kier alpha value is -0.750. The van der Waals surface area contributed by atoms with Crippen LogP contribution in [0.25, 0.3) is 0 Å². The molecule has 0 aromatic heterocycles. The second-order valence-corrected chi connectivity index (χ2v) is 2.53. The molecule has 0 amide bonds. The lowest BCUT2D eigenvalue weighted by Crippen LogP contribution is -2.52. The molecule has 0 atom stereocenters. The topological polar surface area (TPSA) is 0 Å². The first-order valence-electron chi connectivity index (χ1n) is 3.27. The van der Waals surface area contributed by atoms with Gasteiger partial charge in [-0.1, -0.05) is 6.08 Å². The second-order valence-electron chi connectivity index (χ2n) is 2.53. The van der Waals surface area contributed by atoms with E-state index in [0.717, 1.165) is 0 Å². The minimum atomic E-state index is -6.29. The van der Waals surface area contributed by atoms with Crippen molar-refractivity contribution in [1.82, 2.24) is 0 Å². The standard InChI is InChI=1S/C7H6F7/c1-3-4(2)5(8,9)6(10,11)7(12,13)14/h3H,1H2,2H3/b4-3+. The lowest BCUT2D eigenvalue weighted by molar-refractivity contribution is -0.344. The number of alkyl halides is 7. The highest BCUT2D eigenvalue weighted by molar-refractivity contribution is 5.17. The quantitative estimate of drug-likeness (QED) is 0.627. The fourth-order valence-electron chi connectivity index (χ4n) is 0.554. The fraction of sp³-hybridized carbons (Fsp3) is 0.571. The number of hydrogen-bond donors (Lipinski definition) is 0. The zero-order chi connectivity index (χ0) is 11.8. The predicted octanol–water partition coefficient (Wildman–Crippen LogP) is 3.60. The summed E-state index contributed by atoms with van der Waals surface area (Å²) in [4.78, 5) is 0. The maximum Gasteiger partial charge on any atom is 0.460 e. The molecule has 0 unspecified atom stereocenters. The van der Waals surface area contributed by atoms with Crippen LogP contribution in [0.15, 0.2) is 11.6 Å². The van der Waals surface area contributed by atoms with Crippen molar-refractivity contribution in [1.29, 1.82) is 0 Å². The molecule has 83 valence electrons. The van der Waals surface area contributed by atoms with Crippen LogP contribution in [0, 0.1) is 6.92 Å². The van der Waals surface area contributed by atoms with E-state index in [4.69, 9.17) is 0 Å². The second kappa shape index (κ2) is 3.43. The molecule has 0 saturated heterocycles. The first-order valence-corrected chi connectivity index (χ1v) is 3.27. The molecule has 0 heterocycles. The summed E-state index contributed by atoms with van der Waals surface area (Å²) in [5.74, 6) is -11.4. The molecule has 0 nitrogen and oxygen atoms in total. The third-order valence-corrected chi connectivity index (χ3v) is 1.55. The highest BCUT2D eigenvalue weighted by Crippen LogP contribution is 2.49. The fourth-order valence-corrected chi connectivity index (χ4v) is 0.554. The van der Waals surface area contributed by atoms with Crippen molar-refractivity contribution in [3.05, 3.63) is 18.6 Å². The molecule has 0 aliphatic heterocycles. The van der Waals surface area contributed by atoms with Crippen LogP contribution in [0.5, 0.6) is 0 Å². The van der Waals surface area contributed by atoms with E-state index in [1.165, 1.54) is 0 Å². The molecule has 0 fully saturated rings. The van der Waals surface area contributed by atoms with Crippen LogP contribution >= 0.6 is 0 Å². The van der Waals surface area contributed by atoms with Crippen molar-refractivity contribution in [3.63, 3.8) is 0 Å². The zero-order valence-electron chi connectivity index (χ0n) is 6.93. The van der Waals surface area contributed by atoms with Gasteiger partial charge in [0.1, 0.15) is 0 Å². The van der Waals surface area contributed by atoms with Crippen LogP contribution in [-0.4, -0.2) is 18.0 Å².